The summed E-state index contributed by atoms with van der Waals surface area (Å²) < 4.78 is 0. The van der Waals surface area contributed by atoms with Crippen LogP contribution in [0, 0.1) is 13.8 Å². The van der Waals surface area contributed by atoms with Crippen molar-refractivity contribution in [2.45, 2.75) is 20.3 Å². The van der Waals surface area contributed by atoms with Crippen LogP contribution in [0.5, 0.6) is 0 Å². The topological polar surface area (TPSA) is 65.2 Å². The molecule has 5 rings (SSSR count). The van der Waals surface area contributed by atoms with Crippen LogP contribution in [-0.4, -0.2) is 17.6 Å². The number of rotatable bonds is 2. The number of carbonyl (C=O) groups is 1. The predicted octanol–water partition coefficient (Wildman–Crippen LogP) is 5.41. The average molecular weight is 409 g/mol. The van der Waals surface area contributed by atoms with Crippen molar-refractivity contribution in [3.8, 4) is 11.1 Å². The monoisotopic (exact) mass is 409 g/mol. The Morgan fingerprint density at radius 1 is 0.968 bits per heavy atom. The summed E-state index contributed by atoms with van der Waals surface area (Å²) in [5.74, 6) is 0. The first-order chi connectivity index (χ1) is 15.0. The molecule has 0 saturated carbocycles. The van der Waals surface area contributed by atoms with E-state index < -0.39 is 0 Å². The number of pyridine rings is 1. The van der Waals surface area contributed by atoms with Gasteiger partial charge in [0.15, 0.2) is 0 Å². The molecule has 154 valence electrons. The first-order valence-corrected chi connectivity index (χ1v) is 10.4. The molecule has 2 heterocycles. The number of fused-ring (bicyclic) bond motifs is 2. The summed E-state index contributed by atoms with van der Waals surface area (Å²) in [6.07, 6.45) is 2.64. The summed E-state index contributed by atoms with van der Waals surface area (Å²) in [5, 5.41) is 4.63. The molecule has 1 aromatic heterocycles. The van der Waals surface area contributed by atoms with E-state index in [-0.39, 0.29) is 11.6 Å². The van der Waals surface area contributed by atoms with E-state index in [4.69, 9.17) is 0 Å². The van der Waals surface area contributed by atoms with E-state index in [0.29, 0.717) is 11.9 Å². The summed E-state index contributed by atoms with van der Waals surface area (Å²) in [5.41, 5.74) is 6.96. The van der Waals surface area contributed by atoms with E-state index in [1.54, 1.807) is 11.1 Å². The summed E-state index contributed by atoms with van der Waals surface area (Å²) in [6.45, 7) is 4.72. The number of amides is 2. The van der Waals surface area contributed by atoms with E-state index in [0.717, 1.165) is 45.4 Å². The minimum atomic E-state index is -0.123. The molecule has 0 atom stereocenters. The molecule has 1 aliphatic rings. The first-order valence-electron chi connectivity index (χ1n) is 10.4. The van der Waals surface area contributed by atoms with Crippen molar-refractivity contribution in [2.75, 3.05) is 16.8 Å². The van der Waals surface area contributed by atoms with E-state index in [2.05, 4.69) is 16.4 Å². The van der Waals surface area contributed by atoms with Gasteiger partial charge in [-0.05, 0) is 66.6 Å². The van der Waals surface area contributed by atoms with Crippen molar-refractivity contribution in [3.05, 3.63) is 93.9 Å². The number of urea groups is 1. The number of nitrogens with one attached hydrogen (secondary N) is 2. The third-order valence-corrected chi connectivity index (χ3v) is 5.96. The maximum atomic E-state index is 12.9. The van der Waals surface area contributed by atoms with Crippen LogP contribution in [0.4, 0.5) is 16.2 Å². The Morgan fingerprint density at radius 2 is 1.81 bits per heavy atom. The zero-order valence-corrected chi connectivity index (χ0v) is 17.5. The second kappa shape index (κ2) is 7.43. The smallest absolute Gasteiger partial charge is 0.326 e. The normalized spacial score (nSPS) is 12.8. The van der Waals surface area contributed by atoms with Crippen molar-refractivity contribution in [1.82, 2.24) is 4.98 Å². The molecule has 0 bridgehead atoms. The molecule has 3 aromatic carbocycles. The predicted molar refractivity (Wildman–Crippen MR) is 126 cm³/mol. The van der Waals surface area contributed by atoms with Crippen molar-refractivity contribution < 1.29 is 4.79 Å². The molecule has 0 fully saturated rings. The Labute approximate surface area is 180 Å². The Kier molecular flexibility index (Phi) is 4.59. The summed E-state index contributed by atoms with van der Waals surface area (Å²) >= 11 is 0. The lowest BCUT2D eigenvalue weighted by molar-refractivity contribution is 0.257. The number of aromatic amines is 1. The van der Waals surface area contributed by atoms with Gasteiger partial charge in [-0.3, -0.25) is 9.69 Å². The van der Waals surface area contributed by atoms with Gasteiger partial charge >= 0.3 is 6.03 Å². The Hall–Kier alpha value is -3.86. The van der Waals surface area contributed by atoms with E-state index in [9.17, 15) is 9.59 Å². The van der Waals surface area contributed by atoms with Gasteiger partial charge in [0.1, 0.15) is 0 Å². The van der Waals surface area contributed by atoms with Crippen LogP contribution < -0.4 is 15.8 Å². The highest BCUT2D eigenvalue weighted by Gasteiger charge is 2.24. The largest absolute Gasteiger partial charge is 0.328 e. The van der Waals surface area contributed by atoms with Gasteiger partial charge in [-0.1, -0.05) is 42.0 Å². The van der Waals surface area contributed by atoms with Gasteiger partial charge in [0.25, 0.3) is 5.56 Å². The Morgan fingerprint density at radius 3 is 2.65 bits per heavy atom. The number of H-pyrrole nitrogens is 1. The lowest BCUT2D eigenvalue weighted by Gasteiger charge is -2.19. The first kappa shape index (κ1) is 19.1. The van der Waals surface area contributed by atoms with Crippen LogP contribution in [0.3, 0.4) is 0 Å². The molecule has 0 radical (unpaired) electrons. The molecule has 5 heteroatoms. The lowest BCUT2D eigenvalue weighted by Crippen LogP contribution is -2.33. The molecule has 4 aromatic rings. The van der Waals surface area contributed by atoms with Crippen LogP contribution >= 0.6 is 0 Å². The van der Waals surface area contributed by atoms with E-state index in [1.165, 1.54) is 5.56 Å². The number of hydrogen-bond acceptors (Lipinski definition) is 2. The van der Waals surface area contributed by atoms with Crippen LogP contribution in [0.15, 0.2) is 71.7 Å². The van der Waals surface area contributed by atoms with E-state index in [1.807, 2.05) is 68.4 Å². The van der Waals surface area contributed by atoms with Crippen molar-refractivity contribution in [1.29, 1.82) is 0 Å². The number of carbonyl (C=O) groups excluding carboxylic acids is 1. The molecule has 0 unspecified atom stereocenters. The maximum absolute atomic E-state index is 12.9. The van der Waals surface area contributed by atoms with Gasteiger partial charge < -0.3 is 10.3 Å². The number of anilines is 2. The summed E-state index contributed by atoms with van der Waals surface area (Å²) in [4.78, 5) is 29.7. The second-order valence-corrected chi connectivity index (χ2v) is 8.07. The molecule has 5 nitrogen and oxygen atoms in total. The van der Waals surface area contributed by atoms with Gasteiger partial charge in [0.2, 0.25) is 0 Å². The van der Waals surface area contributed by atoms with Gasteiger partial charge in [0, 0.05) is 35.1 Å². The minimum Gasteiger partial charge on any atom is -0.328 e. The molecule has 31 heavy (non-hydrogen) atoms. The molecule has 2 amide bonds. The number of para-hydroxylation sites is 1. The highest BCUT2D eigenvalue weighted by atomic mass is 16.2. The quantitative estimate of drug-likeness (QED) is 0.465. The number of hydrogen-bond donors (Lipinski definition) is 2. The number of aromatic nitrogens is 1. The molecule has 0 spiro atoms. The highest BCUT2D eigenvalue weighted by molar-refractivity contribution is 6.03. The SMILES string of the molecule is Cc1ccc2c(=O)[nH]cc(-c3ccc(NC(=O)N4CCc5ccccc54)cc3C)c2c1. The summed E-state index contributed by atoms with van der Waals surface area (Å²) in [7, 11) is 0. The zero-order valence-electron chi connectivity index (χ0n) is 17.5. The fraction of sp³-hybridized carbons (Fsp3) is 0.154. The molecular formula is C26H23N3O2. The van der Waals surface area contributed by atoms with Crippen molar-refractivity contribution >= 4 is 28.2 Å². The third kappa shape index (κ3) is 3.38. The molecule has 0 aliphatic carbocycles. The average Bonchev–Trinajstić information content (AvgIpc) is 3.19. The fourth-order valence-corrected chi connectivity index (χ4v) is 4.38. The Balaban J connectivity index is 1.46. The van der Waals surface area contributed by atoms with Crippen molar-refractivity contribution in [3.63, 3.8) is 0 Å². The number of benzene rings is 3. The van der Waals surface area contributed by atoms with Crippen LogP contribution in [-0.2, 0) is 6.42 Å². The minimum absolute atomic E-state index is 0.0915. The summed E-state index contributed by atoms with van der Waals surface area (Å²) in [6, 6.07) is 19.6. The Bertz CT molecular complexity index is 1390. The number of nitrogens with zero attached hydrogens (tertiary/aromatic N) is 1. The highest BCUT2D eigenvalue weighted by Crippen LogP contribution is 2.32. The van der Waals surface area contributed by atoms with Crippen LogP contribution in [0.25, 0.3) is 21.9 Å². The van der Waals surface area contributed by atoms with Gasteiger partial charge in [0.05, 0.1) is 0 Å². The standard InChI is InChI=1S/C26H23N3O2/c1-16-7-9-21-22(13-16)23(15-27-25(21)30)20-10-8-19(14-17(20)2)28-26(31)29-12-11-18-5-3-4-6-24(18)29/h3-10,13-15H,11-12H2,1-2H3,(H,27,30)(H,28,31). The van der Waals surface area contributed by atoms with Crippen LogP contribution in [0.2, 0.25) is 0 Å². The third-order valence-electron chi connectivity index (χ3n) is 5.96. The van der Waals surface area contributed by atoms with Gasteiger partial charge in [-0.25, -0.2) is 4.79 Å². The fourth-order valence-electron chi connectivity index (χ4n) is 4.38. The van der Waals surface area contributed by atoms with Crippen molar-refractivity contribution in [2.24, 2.45) is 0 Å². The molecule has 1 aliphatic heterocycles. The second-order valence-electron chi connectivity index (χ2n) is 8.07. The van der Waals surface area contributed by atoms with E-state index >= 15 is 0 Å². The van der Waals surface area contributed by atoms with Crippen LogP contribution in [0.1, 0.15) is 16.7 Å². The lowest BCUT2D eigenvalue weighted by atomic mass is 9.96. The number of aryl methyl sites for hydroxylation is 2. The van der Waals surface area contributed by atoms with Gasteiger partial charge in [-0.15, -0.1) is 0 Å². The zero-order chi connectivity index (χ0) is 21.5. The molecular weight excluding hydrogens is 386 g/mol. The molecule has 0 saturated heterocycles. The maximum Gasteiger partial charge on any atom is 0.326 e. The van der Waals surface area contributed by atoms with Gasteiger partial charge in [-0.2, -0.15) is 0 Å². The molecule has 2 N–H and O–H groups in total.